The fourth-order valence-electron chi connectivity index (χ4n) is 4.03. The Morgan fingerprint density at radius 3 is 2.58 bits per heavy atom. The Morgan fingerprint density at radius 1 is 1.31 bits per heavy atom. The number of nitrogens with zero attached hydrogens (tertiary/aromatic N) is 3. The molecule has 1 aromatic carbocycles. The molecule has 1 fully saturated rings. The van der Waals surface area contributed by atoms with Crippen molar-refractivity contribution >= 4 is 5.91 Å². The van der Waals surface area contributed by atoms with E-state index in [2.05, 4.69) is 41.6 Å². The Balaban J connectivity index is 1.87. The number of carbonyl (C=O) groups is 1. The van der Waals surface area contributed by atoms with Crippen LogP contribution in [-0.4, -0.2) is 40.2 Å². The molecule has 2 unspecified atom stereocenters. The van der Waals surface area contributed by atoms with Gasteiger partial charge in [-0.1, -0.05) is 31.2 Å². The Bertz CT molecular complexity index is 778. The third-order valence-corrected chi connectivity index (χ3v) is 5.67. The van der Waals surface area contributed by atoms with E-state index in [1.807, 2.05) is 37.4 Å². The van der Waals surface area contributed by atoms with E-state index in [9.17, 15) is 4.79 Å². The van der Waals surface area contributed by atoms with E-state index in [1.165, 1.54) is 11.1 Å². The smallest absolute Gasteiger partial charge is 0.230 e. The molecule has 1 aliphatic heterocycles. The first-order valence-electron chi connectivity index (χ1n) is 9.54. The van der Waals surface area contributed by atoms with E-state index < -0.39 is 0 Å². The van der Waals surface area contributed by atoms with Crippen LogP contribution in [-0.2, 0) is 18.3 Å². The summed E-state index contributed by atoms with van der Waals surface area (Å²) in [6.07, 6.45) is 1.03. The van der Waals surface area contributed by atoms with Crippen molar-refractivity contribution in [3.05, 3.63) is 52.3 Å². The minimum Gasteiger partial charge on any atom is -0.333 e. The van der Waals surface area contributed by atoms with Crippen molar-refractivity contribution in [1.82, 2.24) is 20.0 Å². The van der Waals surface area contributed by atoms with Crippen LogP contribution in [0.5, 0.6) is 0 Å². The van der Waals surface area contributed by atoms with Crippen LogP contribution in [0.3, 0.4) is 0 Å². The lowest BCUT2D eigenvalue weighted by Crippen LogP contribution is -2.49. The Morgan fingerprint density at radius 2 is 2.00 bits per heavy atom. The number of hydrogen-bond donors (Lipinski definition) is 1. The van der Waals surface area contributed by atoms with Crippen molar-refractivity contribution in [2.24, 2.45) is 7.05 Å². The maximum atomic E-state index is 13.4. The van der Waals surface area contributed by atoms with E-state index in [-0.39, 0.29) is 17.9 Å². The largest absolute Gasteiger partial charge is 0.333 e. The van der Waals surface area contributed by atoms with E-state index in [4.69, 9.17) is 0 Å². The molecule has 2 aromatic rings. The number of hydrogen-bond acceptors (Lipinski definition) is 3. The lowest BCUT2D eigenvalue weighted by Gasteiger charge is -2.38. The molecule has 2 atom stereocenters. The fraction of sp³-hybridized carbons (Fsp3) is 0.524. The highest BCUT2D eigenvalue weighted by atomic mass is 16.2. The molecule has 140 valence electrons. The summed E-state index contributed by atoms with van der Waals surface area (Å²) in [6, 6.07) is 8.77. The van der Waals surface area contributed by atoms with Crippen LogP contribution in [0, 0.1) is 13.8 Å². The number of carbonyl (C=O) groups excluding carboxylic acids is 1. The zero-order valence-corrected chi connectivity index (χ0v) is 16.5. The third kappa shape index (κ3) is 3.40. The molecule has 3 rings (SSSR count). The minimum absolute atomic E-state index is 0.0851. The normalized spacial score (nSPS) is 18.8. The molecule has 1 amide bonds. The lowest BCUT2D eigenvalue weighted by atomic mass is 9.94. The SMILES string of the molecule is CCc1ccc(C2CNCCN2C(=O)C(C)c2c(C)nn(C)c2C)cc1. The van der Waals surface area contributed by atoms with Gasteiger partial charge in [0.15, 0.2) is 0 Å². The van der Waals surface area contributed by atoms with Gasteiger partial charge in [-0.05, 0) is 38.3 Å². The number of benzene rings is 1. The highest BCUT2D eigenvalue weighted by Crippen LogP contribution is 2.30. The maximum absolute atomic E-state index is 13.4. The summed E-state index contributed by atoms with van der Waals surface area (Å²) in [5.41, 5.74) is 5.61. The highest BCUT2D eigenvalue weighted by molar-refractivity contribution is 5.84. The van der Waals surface area contributed by atoms with Gasteiger partial charge in [-0.25, -0.2) is 0 Å². The number of aromatic nitrogens is 2. The van der Waals surface area contributed by atoms with E-state index in [0.717, 1.165) is 43.0 Å². The number of rotatable bonds is 4. The molecule has 1 saturated heterocycles. The quantitative estimate of drug-likeness (QED) is 0.918. The average molecular weight is 354 g/mol. The van der Waals surface area contributed by atoms with Gasteiger partial charge in [-0.15, -0.1) is 0 Å². The van der Waals surface area contributed by atoms with E-state index in [1.54, 1.807) is 0 Å². The van der Waals surface area contributed by atoms with Crippen LogP contribution < -0.4 is 5.32 Å². The predicted molar refractivity (Wildman–Crippen MR) is 104 cm³/mol. The van der Waals surface area contributed by atoms with Gasteiger partial charge in [0.1, 0.15) is 0 Å². The van der Waals surface area contributed by atoms with E-state index >= 15 is 0 Å². The first-order valence-corrected chi connectivity index (χ1v) is 9.54. The molecular weight excluding hydrogens is 324 g/mol. The summed E-state index contributed by atoms with van der Waals surface area (Å²) in [6.45, 7) is 10.6. The zero-order valence-electron chi connectivity index (χ0n) is 16.5. The van der Waals surface area contributed by atoms with Gasteiger partial charge < -0.3 is 10.2 Å². The van der Waals surface area contributed by atoms with Crippen molar-refractivity contribution in [1.29, 1.82) is 0 Å². The summed E-state index contributed by atoms with van der Waals surface area (Å²) in [5.74, 6) is 0.00878. The van der Waals surface area contributed by atoms with Crippen molar-refractivity contribution in [3.8, 4) is 0 Å². The molecule has 0 aliphatic carbocycles. The molecule has 0 saturated carbocycles. The third-order valence-electron chi connectivity index (χ3n) is 5.67. The number of amides is 1. The Labute approximate surface area is 156 Å². The molecule has 26 heavy (non-hydrogen) atoms. The molecule has 1 N–H and O–H groups in total. The van der Waals surface area contributed by atoms with Gasteiger partial charge in [0.05, 0.1) is 17.7 Å². The summed E-state index contributed by atoms with van der Waals surface area (Å²) in [7, 11) is 1.94. The van der Waals surface area contributed by atoms with Crippen LogP contribution >= 0.6 is 0 Å². The molecule has 1 aliphatic rings. The lowest BCUT2D eigenvalue weighted by molar-refractivity contribution is -0.135. The van der Waals surface area contributed by atoms with Crippen LogP contribution in [0.1, 0.15) is 53.9 Å². The second-order valence-corrected chi connectivity index (χ2v) is 7.28. The predicted octanol–water partition coefficient (Wildman–Crippen LogP) is 2.88. The second-order valence-electron chi connectivity index (χ2n) is 7.28. The summed E-state index contributed by atoms with van der Waals surface area (Å²) in [5, 5.41) is 7.93. The van der Waals surface area contributed by atoms with Crippen LogP contribution in [0.2, 0.25) is 0 Å². The molecule has 2 heterocycles. The monoisotopic (exact) mass is 354 g/mol. The number of piperazine rings is 1. The molecule has 5 heteroatoms. The van der Waals surface area contributed by atoms with Crippen molar-refractivity contribution < 1.29 is 4.79 Å². The number of aryl methyl sites for hydroxylation is 3. The van der Waals surface area contributed by atoms with Crippen molar-refractivity contribution in [2.45, 2.75) is 46.1 Å². The van der Waals surface area contributed by atoms with Crippen molar-refractivity contribution in [2.75, 3.05) is 19.6 Å². The van der Waals surface area contributed by atoms with Crippen LogP contribution in [0.15, 0.2) is 24.3 Å². The van der Waals surface area contributed by atoms with Crippen molar-refractivity contribution in [3.63, 3.8) is 0 Å². The summed E-state index contributed by atoms with van der Waals surface area (Å²) < 4.78 is 1.87. The Hall–Kier alpha value is -2.14. The maximum Gasteiger partial charge on any atom is 0.230 e. The molecule has 0 bridgehead atoms. The first-order chi connectivity index (χ1) is 12.4. The standard InChI is InChI=1S/C21H30N4O/c1-6-17-7-9-18(10-8-17)19-13-22-11-12-25(19)21(26)14(2)20-15(3)23-24(5)16(20)4/h7-10,14,19,22H,6,11-13H2,1-5H3. The molecule has 0 radical (unpaired) electrons. The Kier molecular flexibility index (Phi) is 5.47. The fourth-order valence-corrected chi connectivity index (χ4v) is 4.03. The second kappa shape index (κ2) is 7.62. The highest BCUT2D eigenvalue weighted by Gasteiger charge is 2.33. The van der Waals surface area contributed by atoms with Gasteiger partial charge in [0.25, 0.3) is 0 Å². The molecule has 0 spiro atoms. The van der Waals surface area contributed by atoms with E-state index in [0.29, 0.717) is 0 Å². The van der Waals surface area contributed by atoms with Gasteiger partial charge in [0, 0.05) is 37.9 Å². The van der Waals surface area contributed by atoms with Gasteiger partial charge in [-0.3, -0.25) is 9.48 Å². The first kappa shape index (κ1) is 18.6. The topological polar surface area (TPSA) is 50.2 Å². The van der Waals surface area contributed by atoms with Gasteiger partial charge >= 0.3 is 0 Å². The zero-order chi connectivity index (χ0) is 18.8. The van der Waals surface area contributed by atoms with Gasteiger partial charge in [0.2, 0.25) is 5.91 Å². The minimum atomic E-state index is -0.181. The van der Waals surface area contributed by atoms with Crippen LogP contribution in [0.25, 0.3) is 0 Å². The number of nitrogens with one attached hydrogen (secondary N) is 1. The summed E-state index contributed by atoms with van der Waals surface area (Å²) in [4.78, 5) is 15.4. The summed E-state index contributed by atoms with van der Waals surface area (Å²) >= 11 is 0. The average Bonchev–Trinajstić information content (AvgIpc) is 2.92. The van der Waals surface area contributed by atoms with Crippen LogP contribution in [0.4, 0.5) is 0 Å². The molecule has 1 aromatic heterocycles. The molecule has 5 nitrogen and oxygen atoms in total. The molecular formula is C21H30N4O. The van der Waals surface area contributed by atoms with Gasteiger partial charge in [-0.2, -0.15) is 5.10 Å².